The van der Waals surface area contributed by atoms with E-state index in [-0.39, 0.29) is 23.4 Å². The molecule has 128 valence electrons. The highest BCUT2D eigenvalue weighted by Crippen LogP contribution is 2.30. The zero-order chi connectivity index (χ0) is 17.2. The Kier molecular flexibility index (Phi) is 5.44. The molecule has 1 aliphatic heterocycles. The molecule has 1 aromatic carbocycles. The Hall–Kier alpha value is -1.44. The maximum Gasteiger partial charge on any atom is 0.240 e. The van der Waals surface area contributed by atoms with E-state index in [0.717, 1.165) is 12.0 Å². The van der Waals surface area contributed by atoms with Crippen LogP contribution in [-0.4, -0.2) is 33.5 Å². The lowest BCUT2D eigenvalue weighted by molar-refractivity contribution is -0.116. The van der Waals surface area contributed by atoms with E-state index in [4.69, 9.17) is 5.73 Å². The first kappa shape index (κ1) is 17.9. The Morgan fingerprint density at radius 2 is 2.09 bits per heavy atom. The van der Waals surface area contributed by atoms with Crippen LogP contribution in [0.1, 0.15) is 32.8 Å². The van der Waals surface area contributed by atoms with Crippen LogP contribution in [0.3, 0.4) is 0 Å². The molecule has 1 unspecified atom stereocenters. The van der Waals surface area contributed by atoms with Crippen LogP contribution in [0.4, 0.5) is 5.69 Å². The van der Waals surface area contributed by atoms with E-state index in [1.165, 1.54) is 6.92 Å². The molecule has 6 nitrogen and oxygen atoms in total. The molecule has 0 saturated heterocycles. The summed E-state index contributed by atoms with van der Waals surface area (Å²) in [7, 11) is -3.66. The van der Waals surface area contributed by atoms with Crippen molar-refractivity contribution in [2.75, 3.05) is 18.0 Å². The molecule has 2 rings (SSSR count). The number of rotatable bonds is 6. The number of nitrogens with one attached hydrogen (secondary N) is 1. The van der Waals surface area contributed by atoms with Crippen molar-refractivity contribution < 1.29 is 13.2 Å². The third-order valence-corrected chi connectivity index (χ3v) is 5.52. The number of anilines is 1. The number of sulfonamides is 1. The van der Waals surface area contributed by atoms with Crippen molar-refractivity contribution in [2.45, 2.75) is 44.6 Å². The molecule has 0 spiro atoms. The fraction of sp³-hybridized carbons (Fsp3) is 0.562. The lowest BCUT2D eigenvalue weighted by atomic mass is 10.1. The van der Waals surface area contributed by atoms with Crippen LogP contribution in [0.2, 0.25) is 0 Å². The molecule has 1 atom stereocenters. The number of hydrogen-bond acceptors (Lipinski definition) is 4. The second kappa shape index (κ2) is 6.98. The Balaban J connectivity index is 2.27. The topological polar surface area (TPSA) is 92.5 Å². The number of carbonyl (C=O) groups is 1. The van der Waals surface area contributed by atoms with E-state index in [2.05, 4.69) is 4.72 Å². The molecule has 0 bridgehead atoms. The molecule has 0 radical (unpaired) electrons. The molecule has 0 aromatic heterocycles. The van der Waals surface area contributed by atoms with Gasteiger partial charge in [0.25, 0.3) is 0 Å². The van der Waals surface area contributed by atoms with Gasteiger partial charge in [-0.25, -0.2) is 13.1 Å². The third-order valence-electron chi connectivity index (χ3n) is 4.00. The standard InChI is InChI=1S/C16H25N3O3S/c1-11(2)8-14(10-17)18-23(21,22)15-5-4-13-6-7-19(12(3)20)16(13)9-15/h4-5,9,11,14,18H,6-8,10,17H2,1-3H3. The zero-order valence-corrected chi connectivity index (χ0v) is 14.7. The van der Waals surface area contributed by atoms with Crippen molar-refractivity contribution >= 4 is 21.6 Å². The number of amides is 1. The summed E-state index contributed by atoms with van der Waals surface area (Å²) in [6.45, 7) is 6.39. The molecule has 0 aliphatic carbocycles. The maximum atomic E-state index is 12.6. The van der Waals surface area contributed by atoms with E-state index in [1.54, 1.807) is 23.1 Å². The SMILES string of the molecule is CC(=O)N1CCc2ccc(S(=O)(=O)NC(CN)CC(C)C)cc21. The minimum atomic E-state index is -3.66. The van der Waals surface area contributed by atoms with Crippen molar-refractivity contribution in [3.63, 3.8) is 0 Å². The molecule has 3 N–H and O–H groups in total. The number of hydrogen-bond donors (Lipinski definition) is 2. The third kappa shape index (κ3) is 4.10. The molecular weight excluding hydrogens is 314 g/mol. The summed E-state index contributed by atoms with van der Waals surface area (Å²) in [5.41, 5.74) is 7.36. The second-order valence-corrected chi connectivity index (χ2v) is 8.11. The van der Waals surface area contributed by atoms with Gasteiger partial charge in [0.2, 0.25) is 15.9 Å². The van der Waals surface area contributed by atoms with Crippen LogP contribution < -0.4 is 15.4 Å². The smallest absolute Gasteiger partial charge is 0.240 e. The molecule has 1 aliphatic rings. The van der Waals surface area contributed by atoms with Gasteiger partial charge in [0.1, 0.15) is 0 Å². The molecule has 1 amide bonds. The molecule has 7 heteroatoms. The van der Waals surface area contributed by atoms with E-state index in [9.17, 15) is 13.2 Å². The monoisotopic (exact) mass is 339 g/mol. The van der Waals surface area contributed by atoms with Crippen LogP contribution >= 0.6 is 0 Å². The number of carbonyl (C=O) groups excluding carboxylic acids is 1. The van der Waals surface area contributed by atoms with Gasteiger partial charge in [0, 0.05) is 31.7 Å². The fourth-order valence-corrected chi connectivity index (χ4v) is 4.18. The van der Waals surface area contributed by atoms with Crippen LogP contribution in [0.25, 0.3) is 0 Å². The van der Waals surface area contributed by atoms with Gasteiger partial charge in [0.05, 0.1) is 4.90 Å². The minimum absolute atomic E-state index is 0.0779. The van der Waals surface area contributed by atoms with Crippen molar-refractivity contribution in [1.29, 1.82) is 0 Å². The Morgan fingerprint density at radius 1 is 1.39 bits per heavy atom. The highest BCUT2D eigenvalue weighted by Gasteiger charge is 2.26. The Labute approximate surface area is 138 Å². The first-order valence-corrected chi connectivity index (χ1v) is 9.36. The zero-order valence-electron chi connectivity index (χ0n) is 13.9. The summed E-state index contributed by atoms with van der Waals surface area (Å²) >= 11 is 0. The summed E-state index contributed by atoms with van der Waals surface area (Å²) in [6, 6.07) is 4.66. The summed E-state index contributed by atoms with van der Waals surface area (Å²) in [6.07, 6.45) is 1.43. The fourth-order valence-electron chi connectivity index (χ4n) is 2.90. The molecule has 1 aromatic rings. The quantitative estimate of drug-likeness (QED) is 0.816. The molecule has 23 heavy (non-hydrogen) atoms. The largest absolute Gasteiger partial charge is 0.329 e. The Morgan fingerprint density at radius 3 is 2.65 bits per heavy atom. The highest BCUT2D eigenvalue weighted by molar-refractivity contribution is 7.89. The first-order chi connectivity index (χ1) is 10.7. The average Bonchev–Trinajstić information content (AvgIpc) is 2.88. The summed E-state index contributed by atoms with van der Waals surface area (Å²) < 4.78 is 27.8. The second-order valence-electron chi connectivity index (χ2n) is 6.39. The van der Waals surface area contributed by atoms with Crippen molar-refractivity contribution in [3.05, 3.63) is 23.8 Å². The van der Waals surface area contributed by atoms with Gasteiger partial charge in [-0.3, -0.25) is 4.79 Å². The van der Waals surface area contributed by atoms with Crippen LogP contribution in [-0.2, 0) is 21.2 Å². The number of nitrogens with two attached hydrogens (primary N) is 1. The molecule has 1 heterocycles. The summed E-state index contributed by atoms with van der Waals surface area (Å²) in [5, 5.41) is 0. The molecular formula is C16H25N3O3S. The van der Waals surface area contributed by atoms with Gasteiger partial charge in [-0.05, 0) is 36.5 Å². The van der Waals surface area contributed by atoms with Gasteiger partial charge < -0.3 is 10.6 Å². The van der Waals surface area contributed by atoms with Crippen molar-refractivity contribution in [3.8, 4) is 0 Å². The number of benzene rings is 1. The number of nitrogens with zero attached hydrogens (tertiary/aromatic N) is 1. The molecule has 0 fully saturated rings. The van der Waals surface area contributed by atoms with Crippen LogP contribution in [0.15, 0.2) is 23.1 Å². The van der Waals surface area contributed by atoms with E-state index >= 15 is 0 Å². The maximum absolute atomic E-state index is 12.6. The molecule has 0 saturated carbocycles. The first-order valence-electron chi connectivity index (χ1n) is 7.88. The predicted molar refractivity (Wildman–Crippen MR) is 90.8 cm³/mol. The lowest BCUT2D eigenvalue weighted by Gasteiger charge is -2.20. The predicted octanol–water partition coefficient (Wildman–Crippen LogP) is 1.25. The summed E-state index contributed by atoms with van der Waals surface area (Å²) in [5.74, 6) is 0.269. The van der Waals surface area contributed by atoms with Gasteiger partial charge in [-0.15, -0.1) is 0 Å². The number of fused-ring (bicyclic) bond motifs is 1. The van der Waals surface area contributed by atoms with Gasteiger partial charge in [-0.1, -0.05) is 19.9 Å². The average molecular weight is 339 g/mol. The Bertz CT molecular complexity index is 686. The lowest BCUT2D eigenvalue weighted by Crippen LogP contribution is -2.41. The van der Waals surface area contributed by atoms with Crippen LogP contribution in [0, 0.1) is 5.92 Å². The summed E-state index contributed by atoms with van der Waals surface area (Å²) in [4.78, 5) is 13.4. The van der Waals surface area contributed by atoms with Crippen LogP contribution in [0.5, 0.6) is 0 Å². The minimum Gasteiger partial charge on any atom is -0.329 e. The van der Waals surface area contributed by atoms with E-state index < -0.39 is 10.0 Å². The van der Waals surface area contributed by atoms with Gasteiger partial charge in [-0.2, -0.15) is 0 Å². The normalized spacial score (nSPS) is 15.8. The highest BCUT2D eigenvalue weighted by atomic mass is 32.2. The van der Waals surface area contributed by atoms with E-state index in [1.807, 2.05) is 13.8 Å². The van der Waals surface area contributed by atoms with Crippen molar-refractivity contribution in [2.24, 2.45) is 11.7 Å². The van der Waals surface area contributed by atoms with Crippen molar-refractivity contribution in [1.82, 2.24) is 4.72 Å². The van der Waals surface area contributed by atoms with Gasteiger partial charge in [0.15, 0.2) is 0 Å². The van der Waals surface area contributed by atoms with E-state index in [0.29, 0.717) is 24.6 Å². The van der Waals surface area contributed by atoms with Gasteiger partial charge >= 0.3 is 0 Å².